The van der Waals surface area contributed by atoms with E-state index in [1.54, 1.807) is 5.56 Å². The van der Waals surface area contributed by atoms with Gasteiger partial charge in [0.25, 0.3) is 0 Å². The van der Waals surface area contributed by atoms with Gasteiger partial charge in [-0.05, 0) is 66.3 Å². The Morgan fingerprint density at radius 1 is 0.423 bits per heavy atom. The molecule has 0 amide bonds. The molecule has 0 aliphatic rings. The molecule has 0 bridgehead atoms. The van der Waals surface area contributed by atoms with Crippen molar-refractivity contribution < 1.29 is 5.11 Å². The molecule has 1 aromatic carbocycles. The van der Waals surface area contributed by atoms with E-state index in [1.807, 2.05) is 0 Å². The SMILES string of the molecule is CCCCCCCc1c(O)c(CCC)c(CCC)c(CCC)c1CCC. The maximum absolute atomic E-state index is 11.2. The lowest BCUT2D eigenvalue weighted by Crippen LogP contribution is -2.10. The molecule has 26 heavy (non-hydrogen) atoms. The Balaban J connectivity index is 3.33. The van der Waals surface area contributed by atoms with Gasteiger partial charge < -0.3 is 5.11 Å². The molecule has 0 saturated heterocycles. The number of benzene rings is 1. The molecule has 0 fully saturated rings. The largest absolute Gasteiger partial charge is 0.507 e. The number of hydrogen-bond donors (Lipinski definition) is 1. The number of aromatic hydroxyl groups is 1. The third-order valence-electron chi connectivity index (χ3n) is 5.56. The van der Waals surface area contributed by atoms with Crippen molar-refractivity contribution >= 4 is 0 Å². The summed E-state index contributed by atoms with van der Waals surface area (Å²) in [6.07, 6.45) is 16.6. The lowest BCUT2D eigenvalue weighted by molar-refractivity contribution is 0.454. The molecule has 0 atom stereocenters. The minimum Gasteiger partial charge on any atom is -0.507 e. The molecule has 1 heteroatoms. The predicted octanol–water partition coefficient (Wildman–Crippen LogP) is 7.72. The Labute approximate surface area is 163 Å². The summed E-state index contributed by atoms with van der Waals surface area (Å²) in [6, 6.07) is 0. The molecule has 150 valence electrons. The van der Waals surface area contributed by atoms with Gasteiger partial charge in [-0.25, -0.2) is 0 Å². The van der Waals surface area contributed by atoms with Crippen LogP contribution in [0.3, 0.4) is 0 Å². The zero-order valence-electron chi connectivity index (χ0n) is 18.3. The minimum atomic E-state index is 0.661. The lowest BCUT2D eigenvalue weighted by atomic mass is 9.82. The van der Waals surface area contributed by atoms with Gasteiger partial charge in [-0.15, -0.1) is 0 Å². The number of phenols is 1. The molecule has 0 radical (unpaired) electrons. The van der Waals surface area contributed by atoms with Gasteiger partial charge in [0.15, 0.2) is 0 Å². The van der Waals surface area contributed by atoms with E-state index < -0.39 is 0 Å². The summed E-state index contributed by atoms with van der Waals surface area (Å²) in [6.45, 7) is 11.3. The topological polar surface area (TPSA) is 20.2 Å². The Morgan fingerprint density at radius 3 is 1.27 bits per heavy atom. The Hall–Kier alpha value is -0.980. The van der Waals surface area contributed by atoms with Crippen molar-refractivity contribution in [1.29, 1.82) is 0 Å². The Bertz CT molecular complexity index is 516. The number of phenolic OH excluding ortho intramolecular Hbond substituents is 1. The van der Waals surface area contributed by atoms with Crippen LogP contribution in [-0.2, 0) is 32.1 Å². The van der Waals surface area contributed by atoms with E-state index in [9.17, 15) is 5.11 Å². The Kier molecular flexibility index (Phi) is 11.7. The van der Waals surface area contributed by atoms with Crippen LogP contribution in [-0.4, -0.2) is 5.11 Å². The standard InChI is InChI=1S/C25H44O/c1-6-11-12-13-14-19-24-22(17-9-4)20(15-7-2)21(16-8-3)23(18-10-5)25(24)26/h26H,6-19H2,1-5H3. The first kappa shape index (κ1) is 23.1. The van der Waals surface area contributed by atoms with Crippen molar-refractivity contribution in [3.8, 4) is 5.75 Å². The molecule has 1 rings (SSSR count). The van der Waals surface area contributed by atoms with Gasteiger partial charge in [-0.1, -0.05) is 86.0 Å². The number of unbranched alkanes of at least 4 members (excludes halogenated alkanes) is 4. The van der Waals surface area contributed by atoms with Gasteiger partial charge in [-0.3, -0.25) is 0 Å². The van der Waals surface area contributed by atoms with Crippen LogP contribution in [0.15, 0.2) is 0 Å². The van der Waals surface area contributed by atoms with Crippen LogP contribution in [0.1, 0.15) is 120 Å². The molecule has 0 unspecified atom stereocenters. The Morgan fingerprint density at radius 2 is 0.808 bits per heavy atom. The molecule has 0 saturated carbocycles. The van der Waals surface area contributed by atoms with Crippen molar-refractivity contribution in [2.24, 2.45) is 0 Å². The van der Waals surface area contributed by atoms with Crippen LogP contribution in [0.4, 0.5) is 0 Å². The molecule has 0 heterocycles. The van der Waals surface area contributed by atoms with E-state index in [1.165, 1.54) is 67.2 Å². The van der Waals surface area contributed by atoms with E-state index >= 15 is 0 Å². The molecule has 0 aliphatic heterocycles. The summed E-state index contributed by atoms with van der Waals surface area (Å²) in [5.41, 5.74) is 7.18. The van der Waals surface area contributed by atoms with Gasteiger partial charge in [0, 0.05) is 0 Å². The fraction of sp³-hybridized carbons (Fsp3) is 0.760. The second-order valence-electron chi connectivity index (χ2n) is 7.91. The molecule has 0 aliphatic carbocycles. The number of rotatable bonds is 14. The van der Waals surface area contributed by atoms with Crippen LogP contribution in [0.5, 0.6) is 5.75 Å². The zero-order valence-corrected chi connectivity index (χ0v) is 18.3. The summed E-state index contributed by atoms with van der Waals surface area (Å²) < 4.78 is 0. The van der Waals surface area contributed by atoms with E-state index in [0.29, 0.717) is 5.75 Å². The summed E-state index contributed by atoms with van der Waals surface area (Å²) >= 11 is 0. The second-order valence-corrected chi connectivity index (χ2v) is 7.91. The zero-order chi connectivity index (χ0) is 19.4. The van der Waals surface area contributed by atoms with Crippen molar-refractivity contribution in [2.45, 2.75) is 125 Å². The first-order valence-corrected chi connectivity index (χ1v) is 11.5. The van der Waals surface area contributed by atoms with Gasteiger partial charge >= 0.3 is 0 Å². The van der Waals surface area contributed by atoms with E-state index in [4.69, 9.17) is 0 Å². The van der Waals surface area contributed by atoms with E-state index in [0.717, 1.165) is 44.9 Å². The van der Waals surface area contributed by atoms with Gasteiger partial charge in [0.05, 0.1) is 0 Å². The monoisotopic (exact) mass is 360 g/mol. The van der Waals surface area contributed by atoms with Crippen LogP contribution in [0.2, 0.25) is 0 Å². The van der Waals surface area contributed by atoms with Crippen molar-refractivity contribution in [3.63, 3.8) is 0 Å². The minimum absolute atomic E-state index is 0.661. The lowest BCUT2D eigenvalue weighted by Gasteiger charge is -2.24. The molecular formula is C25H44O. The van der Waals surface area contributed by atoms with Gasteiger partial charge in [0.2, 0.25) is 0 Å². The molecule has 1 nitrogen and oxygen atoms in total. The number of hydrogen-bond acceptors (Lipinski definition) is 1. The van der Waals surface area contributed by atoms with Crippen molar-refractivity contribution in [2.75, 3.05) is 0 Å². The molecular weight excluding hydrogens is 316 g/mol. The highest BCUT2D eigenvalue weighted by Gasteiger charge is 2.21. The summed E-state index contributed by atoms with van der Waals surface area (Å²) in [4.78, 5) is 0. The highest BCUT2D eigenvalue weighted by Crippen LogP contribution is 2.37. The van der Waals surface area contributed by atoms with Gasteiger partial charge in [0.1, 0.15) is 5.75 Å². The van der Waals surface area contributed by atoms with Gasteiger partial charge in [-0.2, -0.15) is 0 Å². The predicted molar refractivity (Wildman–Crippen MR) is 117 cm³/mol. The summed E-state index contributed by atoms with van der Waals surface area (Å²) in [5, 5.41) is 11.2. The maximum Gasteiger partial charge on any atom is 0.122 e. The van der Waals surface area contributed by atoms with Crippen LogP contribution >= 0.6 is 0 Å². The molecule has 0 aromatic heterocycles. The van der Waals surface area contributed by atoms with Crippen LogP contribution in [0, 0.1) is 0 Å². The third kappa shape index (κ3) is 6.32. The quantitative estimate of drug-likeness (QED) is 0.337. The van der Waals surface area contributed by atoms with Crippen molar-refractivity contribution in [1.82, 2.24) is 0 Å². The van der Waals surface area contributed by atoms with Crippen molar-refractivity contribution in [3.05, 3.63) is 27.8 Å². The highest BCUT2D eigenvalue weighted by atomic mass is 16.3. The molecule has 1 N–H and O–H groups in total. The smallest absolute Gasteiger partial charge is 0.122 e. The van der Waals surface area contributed by atoms with Crippen LogP contribution in [0.25, 0.3) is 0 Å². The van der Waals surface area contributed by atoms with E-state index in [2.05, 4.69) is 34.6 Å². The summed E-state index contributed by atoms with van der Waals surface area (Å²) in [5.74, 6) is 0.661. The van der Waals surface area contributed by atoms with Crippen LogP contribution < -0.4 is 0 Å². The first-order chi connectivity index (χ1) is 12.7. The average molecular weight is 361 g/mol. The fourth-order valence-corrected chi connectivity index (χ4v) is 4.36. The second kappa shape index (κ2) is 13.2. The third-order valence-corrected chi connectivity index (χ3v) is 5.56. The molecule has 0 spiro atoms. The normalized spacial score (nSPS) is 11.3. The first-order valence-electron chi connectivity index (χ1n) is 11.5. The fourth-order valence-electron chi connectivity index (χ4n) is 4.36. The van der Waals surface area contributed by atoms with E-state index in [-0.39, 0.29) is 0 Å². The highest BCUT2D eigenvalue weighted by molar-refractivity contribution is 5.56. The molecule has 1 aromatic rings. The maximum atomic E-state index is 11.2. The average Bonchev–Trinajstić information content (AvgIpc) is 2.63. The summed E-state index contributed by atoms with van der Waals surface area (Å²) in [7, 11) is 0.